The molecule has 0 amide bonds. The van der Waals surface area contributed by atoms with Gasteiger partial charge in [-0.05, 0) is 32.1 Å². The summed E-state index contributed by atoms with van der Waals surface area (Å²) in [5, 5.41) is 13.0. The number of nitrogens with one attached hydrogen (secondary N) is 1. The fourth-order valence-electron chi connectivity index (χ4n) is 1.67. The molecule has 1 aliphatic rings. The minimum Gasteiger partial charge on any atom is -0.392 e. The summed E-state index contributed by atoms with van der Waals surface area (Å²) < 4.78 is 0. The Morgan fingerprint density at radius 3 is 2.33 bits per heavy atom. The second-order valence-electron chi connectivity index (χ2n) is 4.30. The highest BCUT2D eigenvalue weighted by atomic mass is 16.3. The van der Waals surface area contributed by atoms with Crippen LogP contribution in [-0.2, 0) is 0 Å². The molecule has 2 N–H and O–H groups in total. The molecule has 72 valence electrons. The summed E-state index contributed by atoms with van der Waals surface area (Å²) in [6, 6.07) is 0.866. The molecule has 3 atom stereocenters. The van der Waals surface area contributed by atoms with Gasteiger partial charge in [-0.3, -0.25) is 0 Å². The summed E-state index contributed by atoms with van der Waals surface area (Å²) in [6.45, 7) is 6.60. The Kier molecular flexibility index (Phi) is 3.53. The van der Waals surface area contributed by atoms with Gasteiger partial charge in [0.15, 0.2) is 0 Å². The van der Waals surface area contributed by atoms with E-state index in [2.05, 4.69) is 26.1 Å². The Morgan fingerprint density at radius 2 is 1.92 bits per heavy atom. The van der Waals surface area contributed by atoms with Gasteiger partial charge in [-0.15, -0.1) is 0 Å². The Balaban J connectivity index is 2.30. The van der Waals surface area contributed by atoms with Crippen molar-refractivity contribution in [2.45, 2.75) is 58.2 Å². The highest BCUT2D eigenvalue weighted by molar-refractivity contribution is 4.84. The van der Waals surface area contributed by atoms with E-state index < -0.39 is 0 Å². The maximum atomic E-state index is 9.56. The van der Waals surface area contributed by atoms with E-state index in [4.69, 9.17) is 0 Å². The van der Waals surface area contributed by atoms with Crippen LogP contribution in [0.5, 0.6) is 0 Å². The molecule has 1 fully saturated rings. The van der Waals surface area contributed by atoms with Gasteiger partial charge >= 0.3 is 0 Å². The quantitative estimate of drug-likeness (QED) is 0.675. The fraction of sp³-hybridized carbons (Fsp3) is 1.00. The van der Waals surface area contributed by atoms with Crippen LogP contribution >= 0.6 is 0 Å². The first-order valence-corrected chi connectivity index (χ1v) is 5.05. The lowest BCUT2D eigenvalue weighted by atomic mass is 10.0. The SMILES string of the molecule is CC(C)[C@H](C)N[C@H]1CCC[C@H]1O. The van der Waals surface area contributed by atoms with Crippen molar-refractivity contribution in [1.29, 1.82) is 0 Å². The van der Waals surface area contributed by atoms with Gasteiger partial charge < -0.3 is 10.4 Å². The number of hydrogen-bond donors (Lipinski definition) is 2. The van der Waals surface area contributed by atoms with Gasteiger partial charge in [0.25, 0.3) is 0 Å². The van der Waals surface area contributed by atoms with E-state index in [-0.39, 0.29) is 6.10 Å². The minimum atomic E-state index is -0.105. The lowest BCUT2D eigenvalue weighted by Crippen LogP contribution is -2.43. The Hall–Kier alpha value is -0.0800. The van der Waals surface area contributed by atoms with Gasteiger partial charge in [-0.1, -0.05) is 13.8 Å². The van der Waals surface area contributed by atoms with Crippen molar-refractivity contribution in [3.63, 3.8) is 0 Å². The molecule has 0 spiro atoms. The van der Waals surface area contributed by atoms with Crippen LogP contribution in [0.25, 0.3) is 0 Å². The molecule has 0 heterocycles. The smallest absolute Gasteiger partial charge is 0.0693 e. The van der Waals surface area contributed by atoms with Gasteiger partial charge in [0.05, 0.1) is 6.10 Å². The van der Waals surface area contributed by atoms with Crippen molar-refractivity contribution in [2.24, 2.45) is 5.92 Å². The second-order valence-corrected chi connectivity index (χ2v) is 4.30. The normalized spacial score (nSPS) is 32.8. The van der Waals surface area contributed by atoms with Crippen molar-refractivity contribution in [1.82, 2.24) is 5.32 Å². The first-order chi connectivity index (χ1) is 5.61. The third kappa shape index (κ3) is 2.46. The zero-order chi connectivity index (χ0) is 9.14. The second kappa shape index (κ2) is 4.24. The average Bonchev–Trinajstić information content (AvgIpc) is 2.36. The van der Waals surface area contributed by atoms with Crippen molar-refractivity contribution >= 4 is 0 Å². The van der Waals surface area contributed by atoms with Crippen LogP contribution in [0.2, 0.25) is 0 Å². The first-order valence-electron chi connectivity index (χ1n) is 5.05. The molecule has 0 aromatic carbocycles. The van der Waals surface area contributed by atoms with Gasteiger partial charge in [-0.25, -0.2) is 0 Å². The van der Waals surface area contributed by atoms with Crippen LogP contribution in [-0.4, -0.2) is 23.3 Å². The Bertz CT molecular complexity index is 136. The predicted octanol–water partition coefficient (Wildman–Crippen LogP) is 1.53. The summed E-state index contributed by atoms with van der Waals surface area (Å²) >= 11 is 0. The maximum Gasteiger partial charge on any atom is 0.0693 e. The van der Waals surface area contributed by atoms with E-state index in [9.17, 15) is 5.11 Å². The van der Waals surface area contributed by atoms with Crippen molar-refractivity contribution < 1.29 is 5.11 Å². The molecule has 1 saturated carbocycles. The van der Waals surface area contributed by atoms with Crippen LogP contribution in [0.1, 0.15) is 40.0 Å². The first kappa shape index (κ1) is 10.0. The molecule has 0 radical (unpaired) electrons. The molecule has 1 rings (SSSR count). The number of hydrogen-bond acceptors (Lipinski definition) is 2. The molecule has 2 heteroatoms. The molecular weight excluding hydrogens is 150 g/mol. The summed E-state index contributed by atoms with van der Waals surface area (Å²) in [7, 11) is 0. The molecule has 0 bridgehead atoms. The number of rotatable bonds is 3. The third-order valence-corrected chi connectivity index (χ3v) is 2.96. The van der Waals surface area contributed by atoms with Crippen LogP contribution in [0.15, 0.2) is 0 Å². The zero-order valence-corrected chi connectivity index (χ0v) is 8.38. The van der Waals surface area contributed by atoms with Crippen LogP contribution in [0.4, 0.5) is 0 Å². The summed E-state index contributed by atoms with van der Waals surface area (Å²) in [6.07, 6.45) is 3.18. The van der Waals surface area contributed by atoms with Gasteiger partial charge in [0.2, 0.25) is 0 Å². The molecular formula is C10H21NO. The summed E-state index contributed by atoms with van der Waals surface area (Å²) in [5.41, 5.74) is 0. The van der Waals surface area contributed by atoms with Crippen LogP contribution < -0.4 is 5.32 Å². The molecule has 12 heavy (non-hydrogen) atoms. The molecule has 1 aliphatic carbocycles. The largest absolute Gasteiger partial charge is 0.392 e. The molecule has 0 saturated heterocycles. The van der Waals surface area contributed by atoms with E-state index in [1.165, 1.54) is 6.42 Å². The Morgan fingerprint density at radius 1 is 1.25 bits per heavy atom. The van der Waals surface area contributed by atoms with Gasteiger partial charge in [0.1, 0.15) is 0 Å². The average molecular weight is 171 g/mol. The Labute approximate surface area is 75.4 Å². The molecule has 0 unspecified atom stereocenters. The van der Waals surface area contributed by atoms with E-state index in [1.54, 1.807) is 0 Å². The van der Waals surface area contributed by atoms with Crippen LogP contribution in [0, 0.1) is 5.92 Å². The van der Waals surface area contributed by atoms with E-state index >= 15 is 0 Å². The van der Waals surface area contributed by atoms with Crippen LogP contribution in [0.3, 0.4) is 0 Å². The van der Waals surface area contributed by atoms with E-state index in [0.717, 1.165) is 12.8 Å². The van der Waals surface area contributed by atoms with Gasteiger partial charge in [0, 0.05) is 12.1 Å². The molecule has 0 aliphatic heterocycles. The lowest BCUT2D eigenvalue weighted by molar-refractivity contribution is 0.140. The maximum absolute atomic E-state index is 9.56. The standard InChI is InChI=1S/C10H21NO/c1-7(2)8(3)11-9-5-4-6-10(9)12/h7-12H,4-6H2,1-3H3/t8-,9-,10+/m0/s1. The molecule has 0 aromatic rings. The molecule has 2 nitrogen and oxygen atoms in total. The van der Waals surface area contributed by atoms with Crippen molar-refractivity contribution in [3.05, 3.63) is 0 Å². The minimum absolute atomic E-state index is 0.105. The lowest BCUT2D eigenvalue weighted by Gasteiger charge is -2.24. The van der Waals surface area contributed by atoms with Crippen molar-refractivity contribution in [2.75, 3.05) is 0 Å². The highest BCUT2D eigenvalue weighted by Gasteiger charge is 2.26. The highest BCUT2D eigenvalue weighted by Crippen LogP contribution is 2.20. The van der Waals surface area contributed by atoms with Crippen molar-refractivity contribution in [3.8, 4) is 0 Å². The van der Waals surface area contributed by atoms with Gasteiger partial charge in [-0.2, -0.15) is 0 Å². The number of aliphatic hydroxyl groups excluding tert-OH is 1. The predicted molar refractivity (Wildman–Crippen MR) is 51.1 cm³/mol. The third-order valence-electron chi connectivity index (χ3n) is 2.96. The zero-order valence-electron chi connectivity index (χ0n) is 8.38. The van der Waals surface area contributed by atoms with E-state index in [1.807, 2.05) is 0 Å². The summed E-state index contributed by atoms with van der Waals surface area (Å²) in [5.74, 6) is 0.651. The monoisotopic (exact) mass is 171 g/mol. The van der Waals surface area contributed by atoms with E-state index in [0.29, 0.717) is 18.0 Å². The number of aliphatic hydroxyl groups is 1. The fourth-order valence-corrected chi connectivity index (χ4v) is 1.67. The topological polar surface area (TPSA) is 32.3 Å². The molecule has 0 aromatic heterocycles. The summed E-state index contributed by atoms with van der Waals surface area (Å²) in [4.78, 5) is 0.